The van der Waals surface area contributed by atoms with Crippen molar-refractivity contribution in [2.24, 2.45) is 0 Å². The van der Waals surface area contributed by atoms with Gasteiger partial charge in [0.15, 0.2) is 0 Å². The maximum absolute atomic E-state index is 13.3. The molecule has 2 aromatic carbocycles. The molecule has 0 bridgehead atoms. The molecule has 0 saturated carbocycles. The van der Waals surface area contributed by atoms with Gasteiger partial charge in [0.05, 0.1) is 0 Å². The number of likely N-dealkylation sites (tertiary alicyclic amines) is 2. The van der Waals surface area contributed by atoms with Crippen LogP contribution in [-0.2, 0) is 0 Å². The van der Waals surface area contributed by atoms with Gasteiger partial charge in [-0.2, -0.15) is 0 Å². The van der Waals surface area contributed by atoms with E-state index in [1.54, 1.807) is 12.1 Å². The number of halogens is 3. The summed E-state index contributed by atoms with van der Waals surface area (Å²) in [5, 5.41) is 7.00. The van der Waals surface area contributed by atoms with Gasteiger partial charge in [-0.1, -0.05) is 24.3 Å². The first-order valence-corrected chi connectivity index (χ1v) is 12.1. The van der Waals surface area contributed by atoms with E-state index in [1.165, 1.54) is 31.5 Å². The fourth-order valence-corrected chi connectivity index (χ4v) is 5.37. The second kappa shape index (κ2) is 11.4. The first kappa shape index (κ1) is 27.0. The lowest BCUT2D eigenvalue weighted by Crippen LogP contribution is -2.47. The number of benzene rings is 2. The summed E-state index contributed by atoms with van der Waals surface area (Å²) < 4.78 is 41.2. The minimum Gasteiger partial charge on any atom is -0.406 e. The van der Waals surface area contributed by atoms with Gasteiger partial charge >= 0.3 is 6.36 Å². The molecule has 0 aliphatic carbocycles. The lowest BCUT2D eigenvalue weighted by molar-refractivity contribution is -0.274. The lowest BCUT2D eigenvalue weighted by atomic mass is 9.94. The molecule has 192 valence electrons. The fourth-order valence-electron chi connectivity index (χ4n) is 5.37. The monoisotopic (exact) mass is 492 g/mol. The number of amides is 1. The Morgan fingerprint density at radius 1 is 0.943 bits per heavy atom. The molecule has 1 N–H and O–H groups in total. The first-order chi connectivity index (χ1) is 16.6. The van der Waals surface area contributed by atoms with Gasteiger partial charge in [-0.05, 0) is 87.4 Å². The van der Waals surface area contributed by atoms with Crippen molar-refractivity contribution in [2.45, 2.75) is 64.9 Å². The quantitative estimate of drug-likeness (QED) is 0.607. The average molecular weight is 493 g/mol. The van der Waals surface area contributed by atoms with Crippen LogP contribution in [-0.4, -0.2) is 66.0 Å². The maximum Gasteiger partial charge on any atom is 0.573 e. The normalized spacial score (nSPS) is 19.3. The number of aliphatic hydroxyl groups is 1. The highest BCUT2D eigenvalue weighted by molar-refractivity contribution is 5.98. The van der Waals surface area contributed by atoms with Crippen molar-refractivity contribution in [3.8, 4) is 16.9 Å². The highest BCUT2D eigenvalue weighted by Crippen LogP contribution is 2.31. The molecule has 2 aliphatic rings. The van der Waals surface area contributed by atoms with Crippen LogP contribution < -0.4 is 4.74 Å². The van der Waals surface area contributed by atoms with Crippen LogP contribution in [0.5, 0.6) is 5.75 Å². The van der Waals surface area contributed by atoms with E-state index in [9.17, 15) is 18.0 Å². The molecule has 0 radical (unpaired) electrons. The number of piperidine rings is 1. The number of hydrogen-bond acceptors (Lipinski definition) is 4. The molecule has 0 spiro atoms. The van der Waals surface area contributed by atoms with Crippen molar-refractivity contribution in [3.05, 3.63) is 53.1 Å². The van der Waals surface area contributed by atoms with E-state index < -0.39 is 6.36 Å². The number of carbonyl (C=O) groups excluding carboxylic acids is 1. The third-order valence-electron chi connectivity index (χ3n) is 6.99. The van der Waals surface area contributed by atoms with E-state index in [-0.39, 0.29) is 11.7 Å². The minimum atomic E-state index is -4.71. The Morgan fingerprint density at radius 2 is 1.51 bits per heavy atom. The van der Waals surface area contributed by atoms with Crippen LogP contribution in [0.1, 0.15) is 54.1 Å². The van der Waals surface area contributed by atoms with E-state index in [1.807, 2.05) is 30.9 Å². The summed E-state index contributed by atoms with van der Waals surface area (Å²) in [4.78, 5) is 17.9. The number of alkyl halides is 3. The average Bonchev–Trinajstić information content (AvgIpc) is 3.25. The number of aryl methyl sites for hydroxylation is 2. The zero-order chi connectivity index (χ0) is 25.8. The Morgan fingerprint density at radius 3 is 2.00 bits per heavy atom. The van der Waals surface area contributed by atoms with Crippen LogP contribution >= 0.6 is 0 Å². The third-order valence-corrected chi connectivity index (χ3v) is 6.99. The topological polar surface area (TPSA) is 53.0 Å². The summed E-state index contributed by atoms with van der Waals surface area (Å²) in [7, 11) is 1.00. The Labute approximate surface area is 205 Å². The Kier molecular flexibility index (Phi) is 8.83. The van der Waals surface area contributed by atoms with Crippen LogP contribution in [0.2, 0.25) is 0 Å². The van der Waals surface area contributed by atoms with Gasteiger partial charge in [0, 0.05) is 37.8 Å². The van der Waals surface area contributed by atoms with Gasteiger partial charge in [0.1, 0.15) is 5.75 Å². The van der Waals surface area contributed by atoms with Crippen LogP contribution in [0, 0.1) is 13.8 Å². The molecule has 4 rings (SSSR count). The molecule has 2 aromatic rings. The van der Waals surface area contributed by atoms with E-state index in [0.717, 1.165) is 60.9 Å². The largest absolute Gasteiger partial charge is 0.573 e. The smallest absolute Gasteiger partial charge is 0.406 e. The molecule has 0 aromatic heterocycles. The predicted molar refractivity (Wildman–Crippen MR) is 131 cm³/mol. The van der Waals surface area contributed by atoms with Crippen molar-refractivity contribution in [3.63, 3.8) is 0 Å². The van der Waals surface area contributed by atoms with E-state index in [0.29, 0.717) is 12.1 Å². The second-order valence-electron chi connectivity index (χ2n) is 9.31. The van der Waals surface area contributed by atoms with Crippen molar-refractivity contribution in [1.82, 2.24) is 9.80 Å². The Hall–Kier alpha value is -2.58. The molecule has 35 heavy (non-hydrogen) atoms. The third kappa shape index (κ3) is 6.55. The summed E-state index contributed by atoms with van der Waals surface area (Å²) in [6.07, 6.45) is -0.153. The zero-order valence-corrected chi connectivity index (χ0v) is 20.9. The highest BCUT2D eigenvalue weighted by Gasteiger charge is 2.33. The van der Waals surface area contributed by atoms with Crippen LogP contribution in [0.25, 0.3) is 11.1 Å². The Bertz CT molecular complexity index is 977. The van der Waals surface area contributed by atoms with E-state index >= 15 is 0 Å². The van der Waals surface area contributed by atoms with Gasteiger partial charge in [0.25, 0.3) is 5.91 Å². The van der Waals surface area contributed by atoms with Crippen LogP contribution in [0.3, 0.4) is 0 Å². The number of aliphatic hydroxyl groups excluding tert-OH is 1. The summed E-state index contributed by atoms with van der Waals surface area (Å²) in [6, 6.07) is 10.9. The molecule has 8 heteroatoms. The van der Waals surface area contributed by atoms with Gasteiger partial charge in [-0.3, -0.25) is 9.69 Å². The molecule has 1 amide bonds. The van der Waals surface area contributed by atoms with Crippen molar-refractivity contribution < 1.29 is 27.8 Å². The van der Waals surface area contributed by atoms with Crippen molar-refractivity contribution >= 4 is 5.91 Å². The summed E-state index contributed by atoms with van der Waals surface area (Å²) in [5.74, 6) is -0.184. The molecule has 1 unspecified atom stereocenters. The van der Waals surface area contributed by atoms with Gasteiger partial charge < -0.3 is 14.7 Å². The number of ether oxygens (including phenoxy) is 1. The lowest BCUT2D eigenvalue weighted by Gasteiger charge is -2.39. The molecule has 2 saturated heterocycles. The summed E-state index contributed by atoms with van der Waals surface area (Å²) in [5.41, 5.74) is 4.11. The summed E-state index contributed by atoms with van der Waals surface area (Å²) in [6.45, 7) is 8.85. The highest BCUT2D eigenvalue weighted by atomic mass is 19.4. The number of carbonyl (C=O) groups is 1. The fraction of sp³-hybridized carbons (Fsp3) is 0.519. The van der Waals surface area contributed by atoms with E-state index in [2.05, 4.69) is 16.6 Å². The van der Waals surface area contributed by atoms with Gasteiger partial charge in [-0.15, -0.1) is 13.2 Å². The predicted octanol–water partition coefficient (Wildman–Crippen LogP) is 5.57. The van der Waals surface area contributed by atoms with Gasteiger partial charge in [0.2, 0.25) is 0 Å². The number of rotatable bonds is 4. The van der Waals surface area contributed by atoms with Gasteiger partial charge in [-0.25, -0.2) is 0 Å². The number of nitrogens with zero attached hydrogens (tertiary/aromatic N) is 2. The summed E-state index contributed by atoms with van der Waals surface area (Å²) >= 11 is 0. The van der Waals surface area contributed by atoms with Crippen LogP contribution in [0.15, 0.2) is 36.4 Å². The molecule has 2 fully saturated rings. The maximum atomic E-state index is 13.3. The molecule has 2 heterocycles. The standard InChI is InChI=1S/C26H31F3N2O2.CH4O/c1-17-15-21(20-6-8-23(9-7-20)33-26(27,28)29)16-18(2)24(17)25(32)30-13-10-22(11-14-30)31-12-4-5-19(31)3;1-2/h6-9,15-16,19,22H,4-5,10-14H2,1-3H3;2H,1H3. The zero-order valence-electron chi connectivity index (χ0n) is 20.9. The van der Waals surface area contributed by atoms with Crippen LogP contribution in [0.4, 0.5) is 13.2 Å². The molecule has 1 atom stereocenters. The second-order valence-corrected chi connectivity index (χ2v) is 9.31. The molecule has 5 nitrogen and oxygen atoms in total. The molecule has 2 aliphatic heterocycles. The minimum absolute atomic E-state index is 0.0680. The van der Waals surface area contributed by atoms with Crippen molar-refractivity contribution in [1.29, 1.82) is 0 Å². The van der Waals surface area contributed by atoms with E-state index in [4.69, 9.17) is 5.11 Å². The first-order valence-electron chi connectivity index (χ1n) is 12.1. The SMILES string of the molecule is CO.Cc1cc(-c2ccc(OC(F)(F)F)cc2)cc(C)c1C(=O)N1CCC(N2CCCC2C)CC1. The number of hydrogen-bond donors (Lipinski definition) is 1. The molecular formula is C27H35F3N2O3. The Balaban J connectivity index is 0.00000167. The van der Waals surface area contributed by atoms with Crippen molar-refractivity contribution in [2.75, 3.05) is 26.7 Å². The molecular weight excluding hydrogens is 457 g/mol.